The number of hydrogen-bond donors (Lipinski definition) is 2. The Morgan fingerprint density at radius 1 is 1.42 bits per heavy atom. The molecule has 6 nitrogen and oxygen atoms in total. The van der Waals surface area contributed by atoms with E-state index in [4.69, 9.17) is 5.73 Å². The Balaban J connectivity index is 1.95. The molecule has 19 heavy (non-hydrogen) atoms. The average molecular weight is 259 g/mol. The Kier molecular flexibility index (Phi) is 3.91. The fourth-order valence-electron chi connectivity index (χ4n) is 1.83. The van der Waals surface area contributed by atoms with Crippen molar-refractivity contribution >= 4 is 5.91 Å². The van der Waals surface area contributed by atoms with Crippen molar-refractivity contribution in [1.29, 1.82) is 0 Å². The lowest BCUT2D eigenvalue weighted by Gasteiger charge is -2.13. The zero-order chi connectivity index (χ0) is 13.8. The summed E-state index contributed by atoms with van der Waals surface area (Å²) in [6.45, 7) is 2.72. The van der Waals surface area contributed by atoms with Crippen LogP contribution in [0.3, 0.4) is 0 Å². The van der Waals surface area contributed by atoms with Crippen molar-refractivity contribution < 1.29 is 4.79 Å². The molecule has 6 heteroatoms. The average Bonchev–Trinajstić information content (AvgIpc) is 2.83. The number of nitrogens with zero attached hydrogens (tertiary/aromatic N) is 3. The molecule has 2 aromatic rings. The number of nitrogens with one attached hydrogen (secondary N) is 1. The SMILES string of the molecule is CC(NCc1ccc(C(N)=O)cc1)c1nncn1C. The molecule has 1 atom stereocenters. The van der Waals surface area contributed by atoms with E-state index in [0.29, 0.717) is 12.1 Å². The Morgan fingerprint density at radius 2 is 2.11 bits per heavy atom. The number of aromatic nitrogens is 3. The fraction of sp³-hybridized carbons (Fsp3) is 0.308. The van der Waals surface area contributed by atoms with E-state index in [1.165, 1.54) is 0 Å². The maximum atomic E-state index is 11.0. The first-order valence-corrected chi connectivity index (χ1v) is 6.04. The standard InChI is InChI=1S/C13H17N5O/c1-9(13-17-16-8-18(13)2)15-7-10-3-5-11(6-4-10)12(14)19/h3-6,8-9,15H,7H2,1-2H3,(H2,14,19). The Hall–Kier alpha value is -2.21. The van der Waals surface area contributed by atoms with E-state index in [2.05, 4.69) is 15.5 Å². The van der Waals surface area contributed by atoms with Crippen LogP contribution in [0.4, 0.5) is 0 Å². The molecular formula is C13H17N5O. The second-order valence-electron chi connectivity index (χ2n) is 4.46. The Labute approximate surface area is 111 Å². The normalized spacial score (nSPS) is 12.3. The minimum absolute atomic E-state index is 0.100. The summed E-state index contributed by atoms with van der Waals surface area (Å²) < 4.78 is 1.88. The second kappa shape index (κ2) is 5.62. The van der Waals surface area contributed by atoms with E-state index in [0.717, 1.165) is 11.4 Å². The zero-order valence-corrected chi connectivity index (χ0v) is 11.0. The van der Waals surface area contributed by atoms with Gasteiger partial charge in [-0.25, -0.2) is 0 Å². The molecule has 1 heterocycles. The number of hydrogen-bond acceptors (Lipinski definition) is 4. The van der Waals surface area contributed by atoms with Gasteiger partial charge in [-0.1, -0.05) is 12.1 Å². The van der Waals surface area contributed by atoms with Crippen LogP contribution in [-0.2, 0) is 13.6 Å². The summed E-state index contributed by atoms with van der Waals surface area (Å²) >= 11 is 0. The summed E-state index contributed by atoms with van der Waals surface area (Å²) in [6.07, 6.45) is 1.68. The highest BCUT2D eigenvalue weighted by Gasteiger charge is 2.10. The van der Waals surface area contributed by atoms with E-state index >= 15 is 0 Å². The number of carbonyl (C=O) groups excluding carboxylic acids is 1. The number of amides is 1. The molecule has 0 spiro atoms. The number of primary amides is 1. The molecule has 1 aromatic heterocycles. The molecule has 1 aromatic carbocycles. The van der Waals surface area contributed by atoms with Crippen molar-refractivity contribution in [1.82, 2.24) is 20.1 Å². The van der Waals surface area contributed by atoms with Crippen LogP contribution in [0.1, 0.15) is 34.7 Å². The summed E-state index contributed by atoms with van der Waals surface area (Å²) in [7, 11) is 1.91. The van der Waals surface area contributed by atoms with Crippen LogP contribution in [0.2, 0.25) is 0 Å². The van der Waals surface area contributed by atoms with E-state index in [1.807, 2.05) is 30.7 Å². The first-order chi connectivity index (χ1) is 9.08. The molecule has 1 amide bonds. The van der Waals surface area contributed by atoms with Gasteiger partial charge in [0.2, 0.25) is 5.91 Å². The monoisotopic (exact) mass is 259 g/mol. The number of carbonyl (C=O) groups is 1. The smallest absolute Gasteiger partial charge is 0.248 e. The minimum Gasteiger partial charge on any atom is -0.366 e. The van der Waals surface area contributed by atoms with Gasteiger partial charge in [-0.3, -0.25) is 4.79 Å². The number of rotatable bonds is 5. The highest BCUT2D eigenvalue weighted by atomic mass is 16.1. The summed E-state index contributed by atoms with van der Waals surface area (Å²) in [5, 5.41) is 11.3. The number of nitrogens with two attached hydrogens (primary N) is 1. The van der Waals surface area contributed by atoms with Gasteiger partial charge in [-0.2, -0.15) is 0 Å². The molecule has 0 aliphatic rings. The largest absolute Gasteiger partial charge is 0.366 e. The van der Waals surface area contributed by atoms with E-state index < -0.39 is 5.91 Å². The van der Waals surface area contributed by atoms with Crippen LogP contribution in [0, 0.1) is 0 Å². The third kappa shape index (κ3) is 3.17. The number of benzene rings is 1. The van der Waals surface area contributed by atoms with Crippen LogP contribution in [0.25, 0.3) is 0 Å². The topological polar surface area (TPSA) is 85.8 Å². The van der Waals surface area contributed by atoms with Crippen molar-refractivity contribution in [2.24, 2.45) is 12.8 Å². The van der Waals surface area contributed by atoms with Crippen LogP contribution in [0.5, 0.6) is 0 Å². The molecule has 1 unspecified atom stereocenters. The lowest BCUT2D eigenvalue weighted by molar-refractivity contribution is 0.100. The molecule has 3 N–H and O–H groups in total. The summed E-state index contributed by atoms with van der Waals surface area (Å²) in [5.41, 5.74) is 6.80. The fourth-order valence-corrected chi connectivity index (χ4v) is 1.83. The summed E-state index contributed by atoms with van der Waals surface area (Å²) in [5.74, 6) is 0.473. The summed E-state index contributed by atoms with van der Waals surface area (Å²) in [6, 6.07) is 7.33. The van der Waals surface area contributed by atoms with Gasteiger partial charge in [0.25, 0.3) is 0 Å². The quantitative estimate of drug-likeness (QED) is 0.830. The van der Waals surface area contributed by atoms with E-state index in [-0.39, 0.29) is 6.04 Å². The van der Waals surface area contributed by atoms with Crippen molar-refractivity contribution in [2.75, 3.05) is 0 Å². The van der Waals surface area contributed by atoms with Crippen LogP contribution in [-0.4, -0.2) is 20.7 Å². The molecule has 0 saturated heterocycles. The van der Waals surface area contributed by atoms with Gasteiger partial charge in [0, 0.05) is 19.2 Å². The van der Waals surface area contributed by atoms with E-state index in [1.54, 1.807) is 18.5 Å². The molecule has 2 rings (SSSR count). The van der Waals surface area contributed by atoms with Gasteiger partial charge in [0.05, 0.1) is 6.04 Å². The van der Waals surface area contributed by atoms with Gasteiger partial charge in [-0.05, 0) is 24.6 Å². The lowest BCUT2D eigenvalue weighted by Crippen LogP contribution is -2.21. The van der Waals surface area contributed by atoms with Crippen molar-refractivity contribution in [3.63, 3.8) is 0 Å². The molecule has 0 aliphatic carbocycles. The van der Waals surface area contributed by atoms with Crippen LogP contribution in [0.15, 0.2) is 30.6 Å². The Bertz CT molecular complexity index is 561. The third-order valence-corrected chi connectivity index (χ3v) is 2.98. The van der Waals surface area contributed by atoms with E-state index in [9.17, 15) is 4.79 Å². The third-order valence-electron chi connectivity index (χ3n) is 2.98. The highest BCUT2D eigenvalue weighted by molar-refractivity contribution is 5.92. The Morgan fingerprint density at radius 3 is 2.63 bits per heavy atom. The summed E-state index contributed by atoms with van der Waals surface area (Å²) in [4.78, 5) is 11.0. The van der Waals surface area contributed by atoms with Crippen molar-refractivity contribution in [2.45, 2.75) is 19.5 Å². The molecule has 0 fully saturated rings. The molecular weight excluding hydrogens is 242 g/mol. The molecule has 0 saturated carbocycles. The van der Waals surface area contributed by atoms with Gasteiger partial charge >= 0.3 is 0 Å². The first-order valence-electron chi connectivity index (χ1n) is 6.04. The predicted octanol–water partition coefficient (Wildman–Crippen LogP) is 0.765. The maximum Gasteiger partial charge on any atom is 0.248 e. The molecule has 0 radical (unpaired) electrons. The van der Waals surface area contributed by atoms with Crippen LogP contribution >= 0.6 is 0 Å². The second-order valence-corrected chi connectivity index (χ2v) is 4.46. The molecule has 100 valence electrons. The van der Waals surface area contributed by atoms with Crippen LogP contribution < -0.4 is 11.1 Å². The minimum atomic E-state index is -0.410. The van der Waals surface area contributed by atoms with Gasteiger partial charge < -0.3 is 15.6 Å². The van der Waals surface area contributed by atoms with Gasteiger partial charge in [-0.15, -0.1) is 10.2 Å². The maximum absolute atomic E-state index is 11.0. The highest BCUT2D eigenvalue weighted by Crippen LogP contribution is 2.09. The van der Waals surface area contributed by atoms with Crippen molar-refractivity contribution in [3.8, 4) is 0 Å². The van der Waals surface area contributed by atoms with Crippen molar-refractivity contribution in [3.05, 3.63) is 47.5 Å². The van der Waals surface area contributed by atoms with Gasteiger partial charge in [0.15, 0.2) is 0 Å². The number of aryl methyl sites for hydroxylation is 1. The predicted molar refractivity (Wildman–Crippen MR) is 71.2 cm³/mol. The molecule has 0 bridgehead atoms. The first kappa shape index (κ1) is 13.2. The lowest BCUT2D eigenvalue weighted by atomic mass is 10.1. The van der Waals surface area contributed by atoms with Gasteiger partial charge in [0.1, 0.15) is 12.2 Å². The molecule has 0 aliphatic heterocycles. The zero-order valence-electron chi connectivity index (χ0n) is 11.0.